The molecule has 0 aliphatic heterocycles. The number of halogens is 1. The van der Waals surface area contributed by atoms with Crippen molar-refractivity contribution >= 4 is 13.3 Å². The molecule has 3 rings (SSSR count). The maximum Gasteiger partial charge on any atom is 0.117 e. The van der Waals surface area contributed by atoms with E-state index in [0.717, 1.165) is 22.3 Å². The van der Waals surface area contributed by atoms with Crippen molar-refractivity contribution in [1.29, 1.82) is 0 Å². The Balaban J connectivity index is 2.05. The largest absolute Gasteiger partial charge is 0.208 e. The summed E-state index contributed by atoms with van der Waals surface area (Å²) in [6, 6.07) is 23.1. The van der Waals surface area contributed by atoms with Gasteiger partial charge in [-0.3, -0.25) is 0 Å². The van der Waals surface area contributed by atoms with Gasteiger partial charge in [0.05, 0.1) is 0 Å². The number of hydrogen-bond acceptors (Lipinski definition) is 0. The predicted molar refractivity (Wildman–Crippen MR) is 82.7 cm³/mol. The summed E-state index contributed by atoms with van der Waals surface area (Å²) in [5, 5.41) is 0. The third kappa shape index (κ3) is 2.50. The fraction of sp³-hybridized carbons (Fsp3) is 0. The molecule has 0 N–H and O–H groups in total. The molecule has 0 unspecified atom stereocenters. The Labute approximate surface area is 119 Å². The van der Waals surface area contributed by atoms with Gasteiger partial charge in [-0.2, -0.15) is 0 Å². The van der Waals surface area contributed by atoms with E-state index in [0.29, 0.717) is 0 Å². The average molecular weight is 258 g/mol. The average Bonchev–Trinajstić information content (AvgIpc) is 2.51. The first-order valence-electron chi connectivity index (χ1n) is 6.45. The first-order valence-corrected chi connectivity index (χ1v) is 6.45. The van der Waals surface area contributed by atoms with Gasteiger partial charge in [-0.1, -0.05) is 66.1 Å². The van der Waals surface area contributed by atoms with Crippen molar-refractivity contribution in [2.75, 3.05) is 0 Å². The van der Waals surface area contributed by atoms with E-state index in [2.05, 4.69) is 18.2 Å². The maximum atomic E-state index is 13.6. The van der Waals surface area contributed by atoms with Gasteiger partial charge >= 0.3 is 0 Å². The van der Waals surface area contributed by atoms with Gasteiger partial charge in [0.1, 0.15) is 13.7 Å². The molecule has 0 heterocycles. The number of benzene rings is 3. The monoisotopic (exact) mass is 258 g/mol. The summed E-state index contributed by atoms with van der Waals surface area (Å²) < 4.78 is 13.6. The van der Waals surface area contributed by atoms with Crippen LogP contribution in [0.3, 0.4) is 0 Å². The van der Waals surface area contributed by atoms with E-state index in [-0.39, 0.29) is 11.3 Å². The van der Waals surface area contributed by atoms with Crippen molar-refractivity contribution in [3.8, 4) is 22.3 Å². The van der Waals surface area contributed by atoms with E-state index < -0.39 is 0 Å². The summed E-state index contributed by atoms with van der Waals surface area (Å²) in [4.78, 5) is 0. The summed E-state index contributed by atoms with van der Waals surface area (Å²) in [5.74, 6) is -0.382. The van der Waals surface area contributed by atoms with Crippen molar-refractivity contribution < 1.29 is 4.39 Å². The van der Waals surface area contributed by atoms with Crippen molar-refractivity contribution in [3.63, 3.8) is 0 Å². The Hall–Kier alpha value is -2.35. The number of hydrogen-bond donors (Lipinski definition) is 0. The van der Waals surface area contributed by atoms with Crippen LogP contribution >= 0.6 is 0 Å². The van der Waals surface area contributed by atoms with Gasteiger partial charge in [0.25, 0.3) is 0 Å². The van der Waals surface area contributed by atoms with Crippen LogP contribution in [0.4, 0.5) is 4.39 Å². The molecule has 0 fully saturated rings. The normalized spacial score (nSPS) is 10.4. The van der Waals surface area contributed by atoms with Crippen molar-refractivity contribution in [2.45, 2.75) is 0 Å². The van der Waals surface area contributed by atoms with Gasteiger partial charge in [0, 0.05) is 0 Å². The highest BCUT2D eigenvalue weighted by molar-refractivity contribution is 6.32. The molecule has 2 heteroatoms. The smallest absolute Gasteiger partial charge is 0.117 e. The van der Waals surface area contributed by atoms with E-state index in [1.54, 1.807) is 6.07 Å². The van der Waals surface area contributed by atoms with E-state index in [1.165, 1.54) is 6.07 Å². The fourth-order valence-corrected chi connectivity index (χ4v) is 2.22. The molecule has 0 bridgehead atoms. The van der Waals surface area contributed by atoms with E-state index >= 15 is 0 Å². The van der Waals surface area contributed by atoms with Crippen LogP contribution in [0, 0.1) is 5.82 Å². The lowest BCUT2D eigenvalue weighted by molar-refractivity contribution is 0.636. The van der Waals surface area contributed by atoms with Crippen LogP contribution in [0.5, 0.6) is 0 Å². The molecule has 0 atom stereocenters. The van der Waals surface area contributed by atoms with Gasteiger partial charge < -0.3 is 0 Å². The molecule has 0 saturated carbocycles. The molecule has 94 valence electrons. The molecule has 0 aliphatic rings. The predicted octanol–water partition coefficient (Wildman–Crippen LogP) is 3.95. The first-order chi connectivity index (χ1) is 9.74. The van der Waals surface area contributed by atoms with E-state index in [4.69, 9.17) is 7.85 Å². The minimum atomic E-state index is -0.382. The second-order valence-corrected chi connectivity index (χ2v) is 4.68. The summed E-state index contributed by atoms with van der Waals surface area (Å²) in [6.45, 7) is 0. The lowest BCUT2D eigenvalue weighted by Crippen LogP contribution is -2.07. The summed E-state index contributed by atoms with van der Waals surface area (Å²) >= 11 is 0. The van der Waals surface area contributed by atoms with Crippen LogP contribution in [0.25, 0.3) is 22.3 Å². The van der Waals surface area contributed by atoms with Gasteiger partial charge in [-0.15, -0.1) is 0 Å². The van der Waals surface area contributed by atoms with Crippen molar-refractivity contribution in [1.82, 2.24) is 0 Å². The Kier molecular flexibility index (Phi) is 3.38. The quantitative estimate of drug-likeness (QED) is 0.610. The Morgan fingerprint density at radius 3 is 1.90 bits per heavy atom. The third-order valence-electron chi connectivity index (χ3n) is 3.30. The van der Waals surface area contributed by atoms with Crippen LogP contribution in [-0.2, 0) is 0 Å². The maximum absolute atomic E-state index is 13.6. The molecule has 3 aromatic rings. The molecular formula is C18H12BF. The second-order valence-electron chi connectivity index (χ2n) is 4.68. The second kappa shape index (κ2) is 5.34. The zero-order valence-corrected chi connectivity index (χ0v) is 10.9. The molecule has 0 nitrogen and oxygen atoms in total. The molecule has 0 aliphatic carbocycles. The minimum Gasteiger partial charge on any atom is -0.208 e. The van der Waals surface area contributed by atoms with Crippen LogP contribution in [0.1, 0.15) is 0 Å². The zero-order valence-electron chi connectivity index (χ0n) is 10.9. The van der Waals surface area contributed by atoms with Gasteiger partial charge in [0.15, 0.2) is 0 Å². The van der Waals surface area contributed by atoms with E-state index in [1.807, 2.05) is 42.5 Å². The molecule has 3 aromatic carbocycles. The SMILES string of the molecule is [B]c1ccc(-c2cccc(-c3ccccc3)c2)cc1F. The Bertz CT molecular complexity index is 735. The fourth-order valence-electron chi connectivity index (χ4n) is 2.22. The minimum absolute atomic E-state index is 0.174. The zero-order chi connectivity index (χ0) is 13.9. The first kappa shape index (κ1) is 12.7. The van der Waals surface area contributed by atoms with Crippen LogP contribution in [-0.4, -0.2) is 7.85 Å². The number of rotatable bonds is 2. The van der Waals surface area contributed by atoms with Gasteiger partial charge in [0.2, 0.25) is 0 Å². The molecule has 20 heavy (non-hydrogen) atoms. The summed E-state index contributed by atoms with van der Waals surface area (Å²) in [7, 11) is 5.51. The molecule has 0 saturated heterocycles. The Morgan fingerprint density at radius 2 is 1.20 bits per heavy atom. The molecule has 0 spiro atoms. The highest BCUT2D eigenvalue weighted by Gasteiger charge is 2.03. The van der Waals surface area contributed by atoms with Crippen LogP contribution < -0.4 is 5.46 Å². The molecule has 0 amide bonds. The van der Waals surface area contributed by atoms with Crippen LogP contribution in [0.15, 0.2) is 72.8 Å². The molecule has 2 radical (unpaired) electrons. The lowest BCUT2D eigenvalue weighted by atomic mass is 9.92. The summed E-state index contributed by atoms with van der Waals surface area (Å²) in [6.07, 6.45) is 0. The van der Waals surface area contributed by atoms with Crippen LogP contribution in [0.2, 0.25) is 0 Å². The third-order valence-corrected chi connectivity index (χ3v) is 3.30. The highest BCUT2D eigenvalue weighted by Crippen LogP contribution is 2.26. The van der Waals surface area contributed by atoms with Crippen molar-refractivity contribution in [3.05, 3.63) is 78.6 Å². The van der Waals surface area contributed by atoms with E-state index in [9.17, 15) is 4.39 Å². The Morgan fingerprint density at radius 1 is 0.600 bits per heavy atom. The lowest BCUT2D eigenvalue weighted by Gasteiger charge is -2.07. The standard InChI is InChI=1S/C18H12BF/c19-17-10-9-16(12-18(17)20)15-8-4-7-14(11-15)13-5-2-1-3-6-13/h1-12H. The van der Waals surface area contributed by atoms with Gasteiger partial charge in [-0.05, 0) is 34.4 Å². The van der Waals surface area contributed by atoms with Crippen molar-refractivity contribution in [2.24, 2.45) is 0 Å². The topological polar surface area (TPSA) is 0 Å². The molecular weight excluding hydrogens is 246 g/mol. The summed E-state index contributed by atoms with van der Waals surface area (Å²) in [5.41, 5.74) is 4.23. The molecule has 0 aromatic heterocycles. The highest BCUT2D eigenvalue weighted by atomic mass is 19.1. The van der Waals surface area contributed by atoms with Gasteiger partial charge in [-0.25, -0.2) is 4.39 Å².